The zero-order valence-corrected chi connectivity index (χ0v) is 10.6. The molecular formula is C11H7ClN4O4. The molecular weight excluding hydrogens is 288 g/mol. The molecule has 8 nitrogen and oxygen atoms in total. The maximum Gasteiger partial charge on any atom is 0.328 e. The first-order valence-electron chi connectivity index (χ1n) is 5.49. The third kappa shape index (κ3) is 2.28. The topological polar surface area (TPSA) is 107 Å². The van der Waals surface area contributed by atoms with E-state index >= 15 is 0 Å². The van der Waals surface area contributed by atoms with Gasteiger partial charge < -0.3 is 8.94 Å². The van der Waals surface area contributed by atoms with Gasteiger partial charge >= 0.3 is 5.69 Å². The number of nitrogens with one attached hydrogen (secondary N) is 1. The van der Waals surface area contributed by atoms with Gasteiger partial charge in [-0.25, -0.2) is 4.79 Å². The normalized spacial score (nSPS) is 10.8. The highest BCUT2D eigenvalue weighted by Crippen LogP contribution is 2.15. The molecule has 3 aromatic heterocycles. The summed E-state index contributed by atoms with van der Waals surface area (Å²) in [5.41, 5.74) is -1.26. The number of hydrogen-bond donors (Lipinski definition) is 1. The van der Waals surface area contributed by atoms with Crippen molar-refractivity contribution in [2.75, 3.05) is 0 Å². The fraction of sp³-hybridized carbons (Fsp3) is 0.0909. The van der Waals surface area contributed by atoms with Crippen molar-refractivity contribution < 1.29 is 8.94 Å². The molecule has 0 aromatic carbocycles. The van der Waals surface area contributed by atoms with Crippen LogP contribution < -0.4 is 11.2 Å². The van der Waals surface area contributed by atoms with Crippen molar-refractivity contribution in [1.82, 2.24) is 19.7 Å². The van der Waals surface area contributed by atoms with Crippen LogP contribution in [0.5, 0.6) is 0 Å². The van der Waals surface area contributed by atoms with E-state index in [9.17, 15) is 9.59 Å². The number of nitrogens with zero attached hydrogens (tertiary/aromatic N) is 3. The van der Waals surface area contributed by atoms with E-state index < -0.39 is 11.2 Å². The number of rotatable bonds is 3. The fourth-order valence-electron chi connectivity index (χ4n) is 1.57. The Labute approximate surface area is 115 Å². The molecule has 0 unspecified atom stereocenters. The Balaban J connectivity index is 1.91. The second-order valence-corrected chi connectivity index (χ2v) is 4.26. The van der Waals surface area contributed by atoms with E-state index in [2.05, 4.69) is 15.1 Å². The number of furan rings is 1. The van der Waals surface area contributed by atoms with Gasteiger partial charge in [-0.15, -0.1) is 0 Å². The van der Waals surface area contributed by atoms with Crippen molar-refractivity contribution in [2.24, 2.45) is 0 Å². The lowest BCUT2D eigenvalue weighted by Gasteiger charge is -2.00. The van der Waals surface area contributed by atoms with Gasteiger partial charge in [-0.1, -0.05) is 16.8 Å². The predicted molar refractivity (Wildman–Crippen MR) is 67.4 cm³/mol. The minimum atomic E-state index is -0.644. The monoisotopic (exact) mass is 294 g/mol. The number of hydrogen-bond acceptors (Lipinski definition) is 6. The molecule has 102 valence electrons. The Hall–Kier alpha value is -2.61. The molecule has 0 aliphatic carbocycles. The van der Waals surface area contributed by atoms with Crippen molar-refractivity contribution in [2.45, 2.75) is 6.54 Å². The molecule has 0 radical (unpaired) electrons. The van der Waals surface area contributed by atoms with Gasteiger partial charge in [0.05, 0.1) is 6.26 Å². The van der Waals surface area contributed by atoms with E-state index in [4.69, 9.17) is 20.5 Å². The Morgan fingerprint density at radius 2 is 2.25 bits per heavy atom. The number of halogens is 1. The van der Waals surface area contributed by atoms with Gasteiger partial charge in [-0.05, 0) is 12.1 Å². The molecule has 0 saturated carbocycles. The lowest BCUT2D eigenvalue weighted by atomic mass is 10.4. The standard InChI is InChI=1S/C11H7ClN4O4/c12-6-4-16(11(18)14-10(6)17)5-8-13-9(15-20-8)7-2-1-3-19-7/h1-4H,5H2,(H,14,17,18). The van der Waals surface area contributed by atoms with Crippen LogP contribution >= 0.6 is 11.6 Å². The third-order valence-corrected chi connectivity index (χ3v) is 2.75. The molecule has 0 aliphatic rings. The Kier molecular flexibility index (Phi) is 2.99. The summed E-state index contributed by atoms with van der Waals surface area (Å²) < 4.78 is 11.3. The first-order chi connectivity index (χ1) is 9.63. The lowest BCUT2D eigenvalue weighted by molar-refractivity contribution is 0.368. The summed E-state index contributed by atoms with van der Waals surface area (Å²) in [4.78, 5) is 28.9. The molecule has 20 heavy (non-hydrogen) atoms. The highest BCUT2D eigenvalue weighted by molar-refractivity contribution is 6.30. The summed E-state index contributed by atoms with van der Waals surface area (Å²) in [5.74, 6) is 0.905. The Morgan fingerprint density at radius 1 is 1.40 bits per heavy atom. The van der Waals surface area contributed by atoms with Crippen LogP contribution in [-0.2, 0) is 6.54 Å². The van der Waals surface area contributed by atoms with E-state index in [0.717, 1.165) is 4.57 Å². The average Bonchev–Trinajstić information content (AvgIpc) is 3.06. The first kappa shape index (κ1) is 12.4. The van der Waals surface area contributed by atoms with Gasteiger partial charge in [0.15, 0.2) is 5.76 Å². The van der Waals surface area contributed by atoms with Gasteiger partial charge in [0.25, 0.3) is 5.56 Å². The van der Waals surface area contributed by atoms with Crippen molar-refractivity contribution in [3.8, 4) is 11.6 Å². The molecule has 3 rings (SSSR count). The highest BCUT2D eigenvalue weighted by Gasteiger charge is 2.12. The largest absolute Gasteiger partial charge is 0.461 e. The van der Waals surface area contributed by atoms with E-state index in [1.165, 1.54) is 12.5 Å². The SMILES string of the molecule is O=c1[nH]c(=O)n(Cc2nc(-c3ccco3)no2)cc1Cl. The van der Waals surface area contributed by atoms with E-state index in [0.29, 0.717) is 5.76 Å². The summed E-state index contributed by atoms with van der Waals surface area (Å²) in [6.07, 6.45) is 2.69. The molecule has 1 N–H and O–H groups in total. The van der Waals surface area contributed by atoms with Crippen LogP contribution in [0.1, 0.15) is 5.89 Å². The average molecular weight is 295 g/mol. The zero-order chi connectivity index (χ0) is 14.1. The fourth-order valence-corrected chi connectivity index (χ4v) is 1.74. The Bertz CT molecular complexity index is 846. The molecule has 9 heteroatoms. The minimum Gasteiger partial charge on any atom is -0.461 e. The van der Waals surface area contributed by atoms with Gasteiger partial charge in [0.2, 0.25) is 11.7 Å². The van der Waals surface area contributed by atoms with Gasteiger partial charge in [0.1, 0.15) is 11.6 Å². The zero-order valence-electron chi connectivity index (χ0n) is 9.87. The molecule has 0 saturated heterocycles. The van der Waals surface area contributed by atoms with Crippen molar-refractivity contribution in [3.05, 3.63) is 56.3 Å². The Morgan fingerprint density at radius 3 is 3.00 bits per heavy atom. The molecule has 0 aliphatic heterocycles. The van der Waals surface area contributed by atoms with Crippen LogP contribution in [-0.4, -0.2) is 19.7 Å². The van der Waals surface area contributed by atoms with Crippen molar-refractivity contribution in [3.63, 3.8) is 0 Å². The molecule has 0 amide bonds. The van der Waals surface area contributed by atoms with Gasteiger partial charge in [-0.2, -0.15) is 4.98 Å². The maximum absolute atomic E-state index is 11.6. The first-order valence-corrected chi connectivity index (χ1v) is 5.87. The van der Waals surface area contributed by atoms with Crippen LogP contribution in [0.3, 0.4) is 0 Å². The minimum absolute atomic E-state index is 0.0109. The van der Waals surface area contributed by atoms with E-state index in [-0.39, 0.29) is 23.3 Å². The van der Waals surface area contributed by atoms with E-state index in [1.54, 1.807) is 12.1 Å². The number of H-pyrrole nitrogens is 1. The molecule has 0 spiro atoms. The molecule has 0 bridgehead atoms. The van der Waals surface area contributed by atoms with Crippen molar-refractivity contribution >= 4 is 11.6 Å². The molecule has 0 fully saturated rings. The third-order valence-electron chi connectivity index (χ3n) is 2.48. The van der Waals surface area contributed by atoms with Crippen LogP contribution in [0, 0.1) is 0 Å². The predicted octanol–water partition coefficient (Wildman–Crippen LogP) is 0.881. The summed E-state index contributed by atoms with van der Waals surface area (Å²) in [6.45, 7) is -0.0109. The van der Waals surface area contributed by atoms with Gasteiger partial charge in [0, 0.05) is 6.20 Å². The van der Waals surface area contributed by atoms with Gasteiger partial charge in [-0.3, -0.25) is 14.3 Å². The van der Waals surface area contributed by atoms with Crippen molar-refractivity contribution in [1.29, 1.82) is 0 Å². The van der Waals surface area contributed by atoms with Crippen LogP contribution in [0.15, 0.2) is 43.1 Å². The van der Waals surface area contributed by atoms with Crippen LogP contribution in [0.25, 0.3) is 11.6 Å². The second kappa shape index (κ2) is 4.82. The van der Waals surface area contributed by atoms with E-state index in [1.807, 2.05) is 0 Å². The summed E-state index contributed by atoms with van der Waals surface area (Å²) >= 11 is 5.65. The lowest BCUT2D eigenvalue weighted by Crippen LogP contribution is -2.30. The number of aromatic nitrogens is 4. The quantitative estimate of drug-likeness (QED) is 0.768. The van der Waals surface area contributed by atoms with Crippen LogP contribution in [0.4, 0.5) is 0 Å². The molecule has 0 atom stereocenters. The maximum atomic E-state index is 11.6. The smallest absolute Gasteiger partial charge is 0.328 e. The summed E-state index contributed by atoms with van der Waals surface area (Å²) in [7, 11) is 0. The molecule has 3 aromatic rings. The number of aromatic amines is 1. The summed E-state index contributed by atoms with van der Waals surface area (Å²) in [5, 5.41) is 3.62. The second-order valence-electron chi connectivity index (χ2n) is 3.85. The summed E-state index contributed by atoms with van der Waals surface area (Å²) in [6, 6.07) is 3.37. The molecule has 3 heterocycles. The van der Waals surface area contributed by atoms with Crippen LogP contribution in [0.2, 0.25) is 5.02 Å². The highest BCUT2D eigenvalue weighted by atomic mass is 35.5.